The first kappa shape index (κ1) is 29.0. The van der Waals surface area contributed by atoms with Crippen molar-refractivity contribution in [1.82, 2.24) is 10.3 Å². The van der Waals surface area contributed by atoms with E-state index in [1.807, 2.05) is 72.8 Å². The number of ether oxygens (including phenoxy) is 1. The minimum Gasteiger partial charge on any atom is -0.495 e. The van der Waals surface area contributed by atoms with E-state index in [9.17, 15) is 13.2 Å². The smallest absolute Gasteiger partial charge is 0.264 e. The first-order valence-corrected chi connectivity index (χ1v) is 15.9. The fourth-order valence-electron chi connectivity index (χ4n) is 5.51. The number of benzene rings is 4. The SMILES string of the molecule is COc1ccccc1N1CCN(c2ccc(NS(=O)(=O)c3cccc4cccnc34)cc2C(=O)NCc2ccccc2)CC1. The summed E-state index contributed by atoms with van der Waals surface area (Å²) in [6.45, 7) is 3.15. The highest BCUT2D eigenvalue weighted by Gasteiger charge is 2.25. The molecule has 2 heterocycles. The lowest BCUT2D eigenvalue weighted by atomic mass is 10.1. The minimum absolute atomic E-state index is 0.0715. The lowest BCUT2D eigenvalue weighted by Gasteiger charge is -2.38. The Labute approximate surface area is 257 Å². The highest BCUT2D eigenvalue weighted by molar-refractivity contribution is 7.93. The van der Waals surface area contributed by atoms with E-state index in [0.29, 0.717) is 36.4 Å². The molecular formula is C34H33N5O4S. The van der Waals surface area contributed by atoms with Gasteiger partial charge in [0.05, 0.1) is 23.9 Å². The third-order valence-electron chi connectivity index (χ3n) is 7.72. The second kappa shape index (κ2) is 12.6. The molecule has 0 saturated carbocycles. The predicted molar refractivity (Wildman–Crippen MR) is 174 cm³/mol. The lowest BCUT2D eigenvalue weighted by Crippen LogP contribution is -2.47. The Morgan fingerprint density at radius 2 is 1.52 bits per heavy atom. The van der Waals surface area contributed by atoms with Crippen LogP contribution < -0.4 is 24.6 Å². The molecule has 1 fully saturated rings. The topological polar surface area (TPSA) is 104 Å². The van der Waals surface area contributed by atoms with Gasteiger partial charge in [0.15, 0.2) is 0 Å². The van der Waals surface area contributed by atoms with E-state index in [1.54, 1.807) is 37.6 Å². The first-order chi connectivity index (χ1) is 21.4. The van der Waals surface area contributed by atoms with Gasteiger partial charge in [-0.2, -0.15) is 0 Å². The van der Waals surface area contributed by atoms with Gasteiger partial charge in [0.1, 0.15) is 10.6 Å². The number of hydrogen-bond acceptors (Lipinski definition) is 7. The Morgan fingerprint density at radius 3 is 2.30 bits per heavy atom. The predicted octanol–water partition coefficient (Wildman–Crippen LogP) is 5.30. The number of hydrogen-bond donors (Lipinski definition) is 2. The Balaban J connectivity index is 1.28. The van der Waals surface area contributed by atoms with Crippen molar-refractivity contribution in [2.45, 2.75) is 11.4 Å². The largest absolute Gasteiger partial charge is 0.495 e. The molecule has 1 aliphatic rings. The summed E-state index contributed by atoms with van der Waals surface area (Å²) in [6, 6.07) is 31.3. The number of sulfonamides is 1. The van der Waals surface area contributed by atoms with Crippen LogP contribution in [0.25, 0.3) is 10.9 Å². The molecule has 0 aliphatic carbocycles. The van der Waals surface area contributed by atoms with E-state index in [4.69, 9.17) is 4.74 Å². The van der Waals surface area contributed by atoms with Crippen LogP contribution in [0.4, 0.5) is 17.1 Å². The molecular weight excluding hydrogens is 574 g/mol. The maximum absolute atomic E-state index is 13.7. The van der Waals surface area contributed by atoms with Gasteiger partial charge in [-0.3, -0.25) is 14.5 Å². The molecule has 0 radical (unpaired) electrons. The van der Waals surface area contributed by atoms with Gasteiger partial charge in [0, 0.05) is 55.7 Å². The average molecular weight is 608 g/mol. The van der Waals surface area contributed by atoms with Crippen LogP contribution in [-0.2, 0) is 16.6 Å². The van der Waals surface area contributed by atoms with Gasteiger partial charge in [-0.1, -0.05) is 60.7 Å². The molecule has 0 spiro atoms. The van der Waals surface area contributed by atoms with Crippen LogP contribution in [0.15, 0.2) is 114 Å². The van der Waals surface area contributed by atoms with Crippen molar-refractivity contribution < 1.29 is 17.9 Å². The van der Waals surface area contributed by atoms with E-state index in [-0.39, 0.29) is 10.8 Å². The Hall–Kier alpha value is -5.09. The Morgan fingerprint density at radius 1 is 0.818 bits per heavy atom. The number of piperazine rings is 1. The number of amides is 1. The maximum atomic E-state index is 13.7. The number of nitrogens with zero attached hydrogens (tertiary/aromatic N) is 3. The highest BCUT2D eigenvalue weighted by Crippen LogP contribution is 2.32. The monoisotopic (exact) mass is 607 g/mol. The Bertz CT molecular complexity index is 1890. The van der Waals surface area contributed by atoms with Crippen LogP contribution in [0.3, 0.4) is 0 Å². The maximum Gasteiger partial charge on any atom is 0.264 e. The van der Waals surface area contributed by atoms with Gasteiger partial charge in [0.25, 0.3) is 15.9 Å². The molecule has 4 aromatic carbocycles. The van der Waals surface area contributed by atoms with Crippen molar-refractivity contribution in [3.05, 3.63) is 120 Å². The van der Waals surface area contributed by atoms with Crippen LogP contribution in [0, 0.1) is 0 Å². The molecule has 9 nitrogen and oxygen atoms in total. The lowest BCUT2D eigenvalue weighted by molar-refractivity contribution is 0.0951. The van der Waals surface area contributed by atoms with Gasteiger partial charge in [-0.05, 0) is 48.0 Å². The summed E-state index contributed by atoms with van der Waals surface area (Å²) >= 11 is 0. The standard InChI is InChI=1S/C34H33N5O4S/c1-43-31-14-6-5-13-30(31)39-21-19-38(20-22-39)29-17-16-27(23-28(29)34(40)36-24-25-9-3-2-4-10-25)37-44(41,42)32-15-7-11-26-12-8-18-35-33(26)32/h2-18,23,37H,19-22,24H2,1H3,(H,36,40). The molecule has 1 amide bonds. The molecule has 10 heteroatoms. The molecule has 5 aromatic rings. The molecule has 2 N–H and O–H groups in total. The second-order valence-corrected chi connectivity index (χ2v) is 12.1. The summed E-state index contributed by atoms with van der Waals surface area (Å²) in [5.41, 5.74) is 3.80. The molecule has 224 valence electrons. The average Bonchev–Trinajstić information content (AvgIpc) is 3.07. The normalized spacial score (nSPS) is 13.5. The highest BCUT2D eigenvalue weighted by atomic mass is 32.2. The molecule has 1 saturated heterocycles. The van der Waals surface area contributed by atoms with Crippen LogP contribution in [0.2, 0.25) is 0 Å². The van der Waals surface area contributed by atoms with Crippen molar-refractivity contribution >= 4 is 43.9 Å². The zero-order valence-corrected chi connectivity index (χ0v) is 25.1. The number of rotatable bonds is 9. The van der Waals surface area contributed by atoms with Crippen LogP contribution in [0.1, 0.15) is 15.9 Å². The minimum atomic E-state index is -4.00. The molecule has 44 heavy (non-hydrogen) atoms. The third-order valence-corrected chi connectivity index (χ3v) is 9.13. The summed E-state index contributed by atoms with van der Waals surface area (Å²) in [7, 11) is -2.33. The number of nitrogens with one attached hydrogen (secondary N) is 2. The zero-order valence-electron chi connectivity index (χ0n) is 24.3. The van der Waals surface area contributed by atoms with Gasteiger partial charge >= 0.3 is 0 Å². The van der Waals surface area contributed by atoms with Crippen LogP contribution >= 0.6 is 0 Å². The van der Waals surface area contributed by atoms with E-state index in [2.05, 4.69) is 24.8 Å². The summed E-state index contributed by atoms with van der Waals surface area (Å²) < 4.78 is 35.3. The molecule has 0 bridgehead atoms. The molecule has 0 unspecified atom stereocenters. The number of carbonyl (C=O) groups excluding carboxylic acids is 1. The van der Waals surface area contributed by atoms with Crippen molar-refractivity contribution in [2.75, 3.05) is 47.8 Å². The fourth-order valence-corrected chi connectivity index (χ4v) is 6.74. The second-order valence-electron chi connectivity index (χ2n) is 10.5. The van der Waals surface area contributed by atoms with Crippen molar-refractivity contribution in [3.63, 3.8) is 0 Å². The van der Waals surface area contributed by atoms with E-state index in [1.165, 1.54) is 6.07 Å². The van der Waals surface area contributed by atoms with E-state index >= 15 is 0 Å². The summed E-state index contributed by atoms with van der Waals surface area (Å²) in [5, 5.41) is 3.73. The van der Waals surface area contributed by atoms with Crippen LogP contribution in [-0.4, -0.2) is 52.6 Å². The zero-order chi connectivity index (χ0) is 30.5. The van der Waals surface area contributed by atoms with Gasteiger partial charge < -0.3 is 19.9 Å². The third kappa shape index (κ3) is 6.16. The number of carbonyl (C=O) groups is 1. The number of pyridine rings is 1. The van der Waals surface area contributed by atoms with Gasteiger partial charge in [-0.15, -0.1) is 0 Å². The van der Waals surface area contributed by atoms with Crippen molar-refractivity contribution in [2.24, 2.45) is 0 Å². The number of fused-ring (bicyclic) bond motifs is 1. The van der Waals surface area contributed by atoms with Gasteiger partial charge in [-0.25, -0.2) is 8.42 Å². The molecule has 0 atom stereocenters. The summed E-state index contributed by atoms with van der Waals surface area (Å²) in [5.74, 6) is 0.531. The summed E-state index contributed by atoms with van der Waals surface area (Å²) in [6.07, 6.45) is 1.57. The van der Waals surface area contributed by atoms with Gasteiger partial charge in [0.2, 0.25) is 0 Å². The fraction of sp³-hybridized carbons (Fsp3) is 0.176. The number of aromatic nitrogens is 1. The summed E-state index contributed by atoms with van der Waals surface area (Å²) in [4.78, 5) is 22.5. The quantitative estimate of drug-likeness (QED) is 0.234. The first-order valence-electron chi connectivity index (χ1n) is 14.4. The number of anilines is 3. The number of para-hydroxylation sites is 3. The Kier molecular flexibility index (Phi) is 8.33. The van der Waals surface area contributed by atoms with Crippen molar-refractivity contribution in [1.29, 1.82) is 0 Å². The molecule has 1 aromatic heterocycles. The number of methoxy groups -OCH3 is 1. The molecule has 1 aliphatic heterocycles. The van der Waals surface area contributed by atoms with Crippen molar-refractivity contribution in [3.8, 4) is 5.75 Å². The van der Waals surface area contributed by atoms with Crippen LogP contribution in [0.5, 0.6) is 5.75 Å². The molecule has 6 rings (SSSR count). The van der Waals surface area contributed by atoms with E-state index in [0.717, 1.165) is 41.2 Å². The van der Waals surface area contributed by atoms with E-state index < -0.39 is 10.0 Å².